The van der Waals surface area contributed by atoms with E-state index in [0.717, 1.165) is 30.4 Å². The van der Waals surface area contributed by atoms with Gasteiger partial charge in [-0.2, -0.15) is 10.1 Å². The molecule has 0 unspecified atom stereocenters. The van der Waals surface area contributed by atoms with Crippen molar-refractivity contribution in [2.24, 2.45) is 35.5 Å². The number of hydrogen-bond donors (Lipinski definition) is 8. The van der Waals surface area contributed by atoms with E-state index in [4.69, 9.17) is 68.4 Å². The molecule has 2 saturated heterocycles. The molecule has 3 fully saturated rings. The second-order valence-electron chi connectivity index (χ2n) is 34.5. The molecule has 0 radical (unpaired) electrons. The number of nitrogen functional groups attached to an aromatic ring is 2. The van der Waals surface area contributed by atoms with Crippen LogP contribution in [0.3, 0.4) is 0 Å². The third kappa shape index (κ3) is 28.6. The zero-order valence-corrected chi connectivity index (χ0v) is 77.4. The van der Waals surface area contributed by atoms with Gasteiger partial charge in [0.2, 0.25) is 23.6 Å². The number of ketones is 3. The lowest BCUT2D eigenvalue weighted by Gasteiger charge is -2.42. The molecule has 4 aliphatic rings. The fourth-order valence-electron chi connectivity index (χ4n) is 17.1. The molecule has 1 aliphatic carbocycles. The number of fused-ring (bicyclic) bond motifs is 5. The highest BCUT2D eigenvalue weighted by molar-refractivity contribution is 6.39. The van der Waals surface area contributed by atoms with Gasteiger partial charge < -0.3 is 99.6 Å². The standard InChI is InChI=1S/C93H131N19O20/c1-57-18-12-11-13-19-58(2)75(122-8)49-68-24-21-63(7)93(121,132-68)84(117)88(119)110-32-16-14-20-72(110)89(120)130-76(50-73(113)59(3)45-62(6)82(116)83(124-10)81(115)61(5)44-57)60(4)46-64-22-25-71(77(47-64)123-9)112-55-70(107-109-112)66-51-100-91(101-52-66)98-29-30-99-92-102-53-67(54-103-92)87(118)97-31-35-126-37-39-128-41-43-129-42-40-127-38-36-125-34-27-78(114)96-28-15-17-33-111-86-79(85(94)104-56-105-86)80(108-111)65-23-26-74-69(48-65)106-90(95)131-74/h11-13,18-19,23,26,45,48,51-57,59-61,63-64,68,71-72,75-77,82-83,116,121H,14-17,20-22,24-25,27-44,46-47,49-50H2,1-10H3,(H2,95,106)(H,96,114)(H,97,118)(H2,94,104,105)(H,98,100,101)(H,99,102,103)/b13-11+,18-12+,58-19+,62-45+/t57-,59-,60-,61-,63-,64+,68+,71+,72+,75+,76+,77-,82-,83+,93-/m1/s1. The van der Waals surface area contributed by atoms with Crippen molar-refractivity contribution in [3.63, 3.8) is 0 Å². The molecule has 15 atom stereocenters. The first-order chi connectivity index (χ1) is 63.7. The van der Waals surface area contributed by atoms with E-state index in [1.165, 1.54) is 30.7 Å². The minimum atomic E-state index is -2.48. The number of benzene rings is 1. The van der Waals surface area contributed by atoms with Crippen LogP contribution < -0.4 is 32.7 Å². The maximum Gasteiger partial charge on any atom is 0.329 e. The fraction of sp³-hybridized carbons (Fsp3) is 0.602. The molecule has 10 N–H and O–H groups in total. The lowest BCUT2D eigenvalue weighted by atomic mass is 9.77. The summed E-state index contributed by atoms with van der Waals surface area (Å²) in [5.74, 6) is -7.95. The molecule has 7 aromatic rings. The van der Waals surface area contributed by atoms with Crippen molar-refractivity contribution < 1.29 is 95.6 Å². The highest BCUT2D eigenvalue weighted by Gasteiger charge is 2.53. The predicted molar refractivity (Wildman–Crippen MR) is 489 cm³/mol. The number of hydrogen-bond acceptors (Lipinski definition) is 34. The van der Waals surface area contributed by atoms with Gasteiger partial charge in [-0.25, -0.2) is 44.1 Å². The highest BCUT2D eigenvalue weighted by Crippen LogP contribution is 2.41. The van der Waals surface area contributed by atoms with Crippen molar-refractivity contribution in [3.8, 4) is 22.5 Å². The van der Waals surface area contributed by atoms with Crippen molar-refractivity contribution in [1.82, 2.24) is 75.2 Å². The Morgan fingerprint density at radius 2 is 1.42 bits per heavy atom. The van der Waals surface area contributed by atoms with E-state index in [1.807, 2.05) is 76.4 Å². The number of carbonyl (C=O) groups excluding carboxylic acids is 7. The number of esters is 1. The number of aryl methyl sites for hydroxylation is 1. The first-order valence-corrected chi connectivity index (χ1v) is 45.8. The smallest absolute Gasteiger partial charge is 0.329 e. The number of nitrogens with two attached hydrogens (primary N) is 2. The number of amides is 3. The van der Waals surface area contributed by atoms with Gasteiger partial charge in [-0.05, 0) is 138 Å². The monoisotopic (exact) mass is 1830 g/mol. The molecule has 1 aromatic carbocycles. The van der Waals surface area contributed by atoms with E-state index in [-0.39, 0.29) is 111 Å². The largest absolute Gasteiger partial charge is 0.460 e. The molecule has 132 heavy (non-hydrogen) atoms. The quantitative estimate of drug-likeness (QED) is 0.00779. The van der Waals surface area contributed by atoms with Gasteiger partial charge in [0.25, 0.3) is 23.6 Å². The van der Waals surface area contributed by atoms with Crippen molar-refractivity contribution in [1.29, 1.82) is 0 Å². The fourth-order valence-corrected chi connectivity index (χ4v) is 17.1. The molecule has 11 rings (SSSR count). The third-order valence-electron chi connectivity index (χ3n) is 24.7. The van der Waals surface area contributed by atoms with Gasteiger partial charge in [0.1, 0.15) is 59.2 Å². The maximum absolute atomic E-state index is 14.9. The second-order valence-corrected chi connectivity index (χ2v) is 34.5. The zero-order valence-electron chi connectivity index (χ0n) is 77.4. The van der Waals surface area contributed by atoms with Crippen LogP contribution in [-0.4, -0.2) is 284 Å². The number of piperidine rings is 1. The maximum atomic E-state index is 14.9. The summed E-state index contributed by atoms with van der Waals surface area (Å²) < 4.78 is 67.4. The Bertz CT molecular complexity index is 5040. The van der Waals surface area contributed by atoms with Crippen LogP contribution >= 0.6 is 0 Å². The Morgan fingerprint density at radius 3 is 2.11 bits per heavy atom. The lowest BCUT2D eigenvalue weighted by Crippen LogP contribution is -2.61. The minimum Gasteiger partial charge on any atom is -0.460 e. The topological polar surface area (TPSA) is 508 Å². The molecule has 3 aliphatic heterocycles. The Morgan fingerprint density at radius 1 is 0.720 bits per heavy atom. The predicted octanol–water partition coefficient (Wildman–Crippen LogP) is 8.34. The second kappa shape index (κ2) is 50.9. The van der Waals surface area contributed by atoms with Gasteiger partial charge in [-0.1, -0.05) is 76.3 Å². The van der Waals surface area contributed by atoms with Crippen molar-refractivity contribution in [2.45, 2.75) is 206 Å². The van der Waals surface area contributed by atoms with Crippen LogP contribution in [0.4, 0.5) is 23.7 Å². The van der Waals surface area contributed by atoms with Crippen LogP contribution in [0.15, 0.2) is 108 Å². The number of nitrogens with zero attached hydrogens (tertiary/aromatic N) is 13. The summed E-state index contributed by atoms with van der Waals surface area (Å²) in [4.78, 5) is 130. The molecule has 6 aromatic heterocycles. The normalized spacial score (nSPS) is 25.8. The minimum absolute atomic E-state index is 0.0189. The summed E-state index contributed by atoms with van der Waals surface area (Å²) in [7, 11) is 4.60. The van der Waals surface area contributed by atoms with Crippen molar-refractivity contribution in [2.75, 3.05) is 142 Å². The number of carbonyl (C=O) groups is 7. The summed E-state index contributed by atoms with van der Waals surface area (Å²) >= 11 is 0. The van der Waals surface area contributed by atoms with E-state index in [2.05, 4.69) is 66.5 Å². The first kappa shape index (κ1) is 102. The number of aromatic nitrogens is 12. The van der Waals surface area contributed by atoms with Gasteiger partial charge in [0.05, 0.1) is 108 Å². The van der Waals surface area contributed by atoms with E-state index >= 15 is 0 Å². The summed E-state index contributed by atoms with van der Waals surface area (Å²) in [5, 5.41) is 50.4. The number of oxazole rings is 1. The molecule has 0 spiro atoms. The SMILES string of the molecule is CO[C@H]1C[C@@H]2CC[C@@H](C)[C@@](O)(O2)C(=O)C(=O)N2CCCC[C@H]2C(=O)O[C@H]([C@H](C)C[C@@H]2CC[C@H](n3cc(-c4cnc(NCCNc5ncc(C(=O)NCCOCCOCCOCCOCCOCCC(=O)NCCCCn6nc(-c7ccc8oc(N)nc8c7)c7c(N)ncnc76)cn5)nc4)nn3)[C@H](OC)C2)CC(=O)[C@H](C)/C=C(\C)[C@@H](O)[C@@H](OC)C(=O)[C@H](C)C[C@H](C)/C=C/C=C/C=C/1C. The Balaban J connectivity index is 0.554. The number of rotatable bonds is 38. The summed E-state index contributed by atoms with van der Waals surface area (Å²) in [5.41, 5.74) is 17.9. The number of aliphatic hydroxyl groups excluding tert-OH is 1. The van der Waals surface area contributed by atoms with Gasteiger partial charge >= 0.3 is 5.97 Å². The van der Waals surface area contributed by atoms with Gasteiger partial charge in [-0.15, -0.1) is 5.10 Å². The van der Waals surface area contributed by atoms with E-state index in [1.54, 1.807) is 68.9 Å². The number of anilines is 4. The van der Waals surface area contributed by atoms with Crippen LogP contribution in [0.5, 0.6) is 0 Å². The summed E-state index contributed by atoms with van der Waals surface area (Å²) in [6.45, 7) is 18.3. The molecular weight excluding hydrogens is 1700 g/mol. The van der Waals surface area contributed by atoms with Crippen LogP contribution in [-0.2, 0) is 82.7 Å². The Labute approximate surface area is 768 Å². The number of ether oxygens (including phenoxy) is 10. The lowest BCUT2D eigenvalue weighted by molar-refractivity contribution is -0.265. The molecule has 39 nitrogen and oxygen atoms in total. The Hall–Kier alpha value is -10.9. The molecule has 39 heteroatoms. The number of allylic oxidation sites excluding steroid dienone is 6. The first-order valence-electron chi connectivity index (χ1n) is 45.8. The van der Waals surface area contributed by atoms with Crippen LogP contribution in [0.2, 0.25) is 0 Å². The van der Waals surface area contributed by atoms with E-state index in [0.29, 0.717) is 193 Å². The van der Waals surface area contributed by atoms with E-state index in [9.17, 15) is 43.8 Å². The number of nitrogens with one attached hydrogen (secondary N) is 4. The number of methoxy groups -OCH3 is 3. The van der Waals surface area contributed by atoms with Gasteiger partial charge in [0.15, 0.2) is 17.0 Å². The average Bonchev–Trinajstić information content (AvgIpc) is 1.45. The highest BCUT2D eigenvalue weighted by atomic mass is 16.6. The molecule has 718 valence electrons. The van der Waals surface area contributed by atoms with Crippen LogP contribution in [0, 0.1) is 35.5 Å². The van der Waals surface area contributed by atoms with Crippen LogP contribution in [0.25, 0.3) is 44.6 Å². The number of aliphatic hydroxyl groups is 2. The Kier molecular flexibility index (Phi) is 39.2. The number of cyclic esters (lactones) is 1. The molecule has 1 saturated carbocycles. The molecular formula is C93H131N19O20. The average molecular weight is 1840 g/mol. The van der Waals surface area contributed by atoms with E-state index < -0.39 is 83.7 Å². The third-order valence-corrected chi connectivity index (χ3v) is 24.7. The van der Waals surface area contributed by atoms with Crippen molar-refractivity contribution >= 4 is 86.9 Å². The van der Waals surface area contributed by atoms with Gasteiger partial charge in [-0.3, -0.25) is 28.8 Å². The summed E-state index contributed by atoms with van der Waals surface area (Å²) in [6.07, 6.45) is 22.3. The van der Waals surface area contributed by atoms with Crippen molar-refractivity contribution in [3.05, 3.63) is 109 Å². The zero-order chi connectivity index (χ0) is 94.2. The summed E-state index contributed by atoms with van der Waals surface area (Å²) in [6, 6.07) is 4.15. The van der Waals surface area contributed by atoms with Crippen LogP contribution in [0.1, 0.15) is 161 Å². The number of Topliss-reactive ketones (excluding diaryl/α,β-unsaturated/α-hetero) is 3. The number of unbranched alkanes of at least 4 members (excludes halogenated alkanes) is 1. The molecule has 3 amide bonds. The molecule has 2 bridgehead atoms. The molecule has 9 heterocycles. The van der Waals surface area contributed by atoms with Gasteiger partial charge in [0, 0.05) is 134 Å².